The number of aromatic nitrogens is 2. The van der Waals surface area contributed by atoms with Gasteiger partial charge in [-0.25, -0.2) is 4.98 Å². The largest absolute Gasteiger partial charge is 0.340 e. The number of aryl methyl sites for hydroxylation is 1. The average molecular weight is 310 g/mol. The summed E-state index contributed by atoms with van der Waals surface area (Å²) >= 11 is 0. The molecule has 120 valence electrons. The van der Waals surface area contributed by atoms with Crippen molar-refractivity contribution in [3.05, 3.63) is 54.1 Å². The number of hydrogen-bond donors (Lipinski definition) is 1. The van der Waals surface area contributed by atoms with E-state index in [1.807, 2.05) is 23.9 Å². The summed E-state index contributed by atoms with van der Waals surface area (Å²) in [5.74, 6) is 0.960. The molecule has 1 aromatic heterocycles. The predicted octanol–water partition coefficient (Wildman–Crippen LogP) is 1.64. The summed E-state index contributed by atoms with van der Waals surface area (Å²) in [6.45, 7) is 2.75. The van der Waals surface area contributed by atoms with Crippen LogP contribution in [-0.4, -0.2) is 46.0 Å². The fourth-order valence-corrected chi connectivity index (χ4v) is 4.11. The first-order chi connectivity index (χ1) is 11.2. The normalized spacial score (nSPS) is 27.0. The zero-order chi connectivity index (χ0) is 15.8. The van der Waals surface area contributed by atoms with Gasteiger partial charge in [-0.15, -0.1) is 0 Å². The van der Waals surface area contributed by atoms with E-state index in [1.165, 1.54) is 5.56 Å². The number of carbonyl (C=O) groups is 1. The molecular weight excluding hydrogens is 288 g/mol. The van der Waals surface area contributed by atoms with E-state index in [0.29, 0.717) is 23.6 Å². The summed E-state index contributed by atoms with van der Waals surface area (Å²) in [7, 11) is 1.90. The molecular formula is C18H22N4O. The van der Waals surface area contributed by atoms with Crippen LogP contribution in [0.25, 0.3) is 0 Å². The minimum absolute atomic E-state index is 0.0703. The number of benzene rings is 1. The quantitative estimate of drug-likeness (QED) is 0.917. The standard InChI is InChI=1S/C18H22N4O/c1-21-11-16(20-12-21)18(23)22-10-15(13-5-3-2-4-6-13)14-9-19-8-7-17(14)22/h2-6,11-12,14-15,17,19H,7-10H2,1H3/t14-,15-,17-/m1/s1. The number of imidazole rings is 1. The van der Waals surface area contributed by atoms with Gasteiger partial charge in [0.15, 0.2) is 0 Å². The Balaban J connectivity index is 1.64. The van der Waals surface area contributed by atoms with Crippen LogP contribution in [0.15, 0.2) is 42.9 Å². The minimum Gasteiger partial charge on any atom is -0.340 e. The second kappa shape index (κ2) is 5.81. The molecule has 0 unspecified atom stereocenters. The first-order valence-electron chi connectivity index (χ1n) is 8.28. The van der Waals surface area contributed by atoms with Crippen LogP contribution in [0.3, 0.4) is 0 Å². The second-order valence-electron chi connectivity index (χ2n) is 6.62. The van der Waals surface area contributed by atoms with E-state index in [-0.39, 0.29) is 5.91 Å². The Morgan fingerprint density at radius 1 is 1.30 bits per heavy atom. The van der Waals surface area contributed by atoms with Gasteiger partial charge in [0.2, 0.25) is 0 Å². The number of nitrogens with one attached hydrogen (secondary N) is 1. The Morgan fingerprint density at radius 3 is 2.87 bits per heavy atom. The molecule has 0 saturated carbocycles. The smallest absolute Gasteiger partial charge is 0.274 e. The monoisotopic (exact) mass is 310 g/mol. The lowest BCUT2D eigenvalue weighted by Gasteiger charge is -2.32. The molecule has 2 aliphatic rings. The van der Waals surface area contributed by atoms with Crippen molar-refractivity contribution in [1.29, 1.82) is 0 Å². The molecule has 2 saturated heterocycles. The second-order valence-corrected chi connectivity index (χ2v) is 6.62. The van der Waals surface area contributed by atoms with Gasteiger partial charge in [0, 0.05) is 44.2 Å². The summed E-state index contributed by atoms with van der Waals surface area (Å²) in [6.07, 6.45) is 4.53. The number of piperidine rings is 1. The van der Waals surface area contributed by atoms with Crippen molar-refractivity contribution >= 4 is 5.91 Å². The van der Waals surface area contributed by atoms with Gasteiger partial charge in [0.1, 0.15) is 5.69 Å². The number of fused-ring (bicyclic) bond motifs is 1. The zero-order valence-corrected chi connectivity index (χ0v) is 13.4. The van der Waals surface area contributed by atoms with E-state index in [0.717, 1.165) is 26.1 Å². The minimum atomic E-state index is 0.0703. The van der Waals surface area contributed by atoms with E-state index in [1.54, 1.807) is 6.33 Å². The van der Waals surface area contributed by atoms with Gasteiger partial charge < -0.3 is 14.8 Å². The highest BCUT2D eigenvalue weighted by atomic mass is 16.2. The molecule has 1 aromatic carbocycles. The lowest BCUT2D eigenvalue weighted by molar-refractivity contribution is 0.0692. The maximum Gasteiger partial charge on any atom is 0.274 e. The Labute approximate surface area is 136 Å². The molecule has 2 aliphatic heterocycles. The van der Waals surface area contributed by atoms with E-state index in [4.69, 9.17) is 0 Å². The molecule has 1 N–H and O–H groups in total. The molecule has 2 aromatic rings. The van der Waals surface area contributed by atoms with E-state index < -0.39 is 0 Å². The highest BCUT2D eigenvalue weighted by molar-refractivity contribution is 5.92. The maximum absolute atomic E-state index is 12.9. The van der Waals surface area contributed by atoms with Crippen LogP contribution >= 0.6 is 0 Å². The number of hydrogen-bond acceptors (Lipinski definition) is 3. The van der Waals surface area contributed by atoms with Gasteiger partial charge in [-0.05, 0) is 18.5 Å². The number of nitrogens with zero attached hydrogens (tertiary/aromatic N) is 3. The summed E-state index contributed by atoms with van der Waals surface area (Å²) in [5, 5.41) is 3.50. The van der Waals surface area contributed by atoms with E-state index in [9.17, 15) is 4.79 Å². The zero-order valence-electron chi connectivity index (χ0n) is 13.4. The number of rotatable bonds is 2. The van der Waals surface area contributed by atoms with E-state index in [2.05, 4.69) is 39.5 Å². The molecule has 1 amide bonds. The summed E-state index contributed by atoms with van der Waals surface area (Å²) < 4.78 is 1.83. The van der Waals surface area contributed by atoms with Crippen molar-refractivity contribution in [2.75, 3.05) is 19.6 Å². The molecule has 23 heavy (non-hydrogen) atoms. The van der Waals surface area contributed by atoms with Gasteiger partial charge >= 0.3 is 0 Å². The molecule has 3 atom stereocenters. The van der Waals surface area contributed by atoms with Gasteiger partial charge in [-0.3, -0.25) is 4.79 Å². The molecule has 4 rings (SSSR count). The highest BCUT2D eigenvalue weighted by Crippen LogP contribution is 2.40. The van der Waals surface area contributed by atoms with Crippen LogP contribution in [0.4, 0.5) is 0 Å². The number of carbonyl (C=O) groups excluding carboxylic acids is 1. The Hall–Kier alpha value is -2.14. The molecule has 2 fully saturated rings. The van der Waals surface area contributed by atoms with Crippen molar-refractivity contribution in [2.24, 2.45) is 13.0 Å². The Bertz CT molecular complexity index is 696. The van der Waals surface area contributed by atoms with Gasteiger partial charge in [0.25, 0.3) is 5.91 Å². The number of likely N-dealkylation sites (tertiary alicyclic amines) is 1. The highest BCUT2D eigenvalue weighted by Gasteiger charge is 2.45. The van der Waals surface area contributed by atoms with Crippen molar-refractivity contribution in [1.82, 2.24) is 19.8 Å². The van der Waals surface area contributed by atoms with E-state index >= 15 is 0 Å². The van der Waals surface area contributed by atoms with Crippen molar-refractivity contribution in [3.8, 4) is 0 Å². The summed E-state index contributed by atoms with van der Waals surface area (Å²) in [5.41, 5.74) is 1.89. The molecule has 3 heterocycles. The maximum atomic E-state index is 12.9. The molecule has 0 aliphatic carbocycles. The van der Waals surface area contributed by atoms with Gasteiger partial charge in [-0.2, -0.15) is 0 Å². The van der Waals surface area contributed by atoms with Crippen LogP contribution in [-0.2, 0) is 7.05 Å². The van der Waals surface area contributed by atoms with Crippen molar-refractivity contribution in [2.45, 2.75) is 18.4 Å². The van der Waals surface area contributed by atoms with Crippen molar-refractivity contribution < 1.29 is 4.79 Å². The lowest BCUT2D eigenvalue weighted by atomic mass is 9.82. The predicted molar refractivity (Wildman–Crippen MR) is 88.2 cm³/mol. The third-order valence-corrected chi connectivity index (χ3v) is 5.21. The fourth-order valence-electron chi connectivity index (χ4n) is 4.11. The van der Waals surface area contributed by atoms with Crippen LogP contribution in [0.1, 0.15) is 28.4 Å². The van der Waals surface area contributed by atoms with Gasteiger partial charge in [0.05, 0.1) is 6.33 Å². The summed E-state index contributed by atoms with van der Waals surface area (Å²) in [4.78, 5) is 19.2. The third-order valence-electron chi connectivity index (χ3n) is 5.21. The van der Waals surface area contributed by atoms with Crippen molar-refractivity contribution in [3.63, 3.8) is 0 Å². The van der Waals surface area contributed by atoms with Gasteiger partial charge in [-0.1, -0.05) is 30.3 Å². The SMILES string of the molecule is Cn1cnc(C(=O)N2C[C@H](c3ccccc3)[C@H]3CNCC[C@H]32)c1. The lowest BCUT2D eigenvalue weighted by Crippen LogP contribution is -2.46. The van der Waals surface area contributed by atoms with Crippen LogP contribution in [0.5, 0.6) is 0 Å². The fraction of sp³-hybridized carbons (Fsp3) is 0.444. The molecule has 5 nitrogen and oxygen atoms in total. The van der Waals surface area contributed by atoms with Crippen LogP contribution < -0.4 is 5.32 Å². The molecule has 0 bridgehead atoms. The number of amides is 1. The Morgan fingerprint density at radius 2 is 2.13 bits per heavy atom. The molecule has 0 radical (unpaired) electrons. The Kier molecular flexibility index (Phi) is 3.65. The van der Waals surface area contributed by atoms with Crippen LogP contribution in [0, 0.1) is 5.92 Å². The summed E-state index contributed by atoms with van der Waals surface area (Å²) in [6, 6.07) is 10.9. The molecule has 5 heteroatoms. The first kappa shape index (κ1) is 14.5. The topological polar surface area (TPSA) is 50.2 Å². The van der Waals surface area contributed by atoms with Crippen LogP contribution in [0.2, 0.25) is 0 Å². The third kappa shape index (κ3) is 2.55. The first-order valence-corrected chi connectivity index (χ1v) is 8.28. The average Bonchev–Trinajstić information content (AvgIpc) is 3.19. The molecule has 0 spiro atoms.